The van der Waals surface area contributed by atoms with Crippen molar-refractivity contribution in [3.63, 3.8) is 0 Å². The average Bonchev–Trinajstić information content (AvgIpc) is 1.88. The van der Waals surface area contributed by atoms with Gasteiger partial charge in [0, 0.05) is 20.3 Å². The highest BCUT2D eigenvalue weighted by molar-refractivity contribution is 5.31. The van der Waals surface area contributed by atoms with Crippen LogP contribution in [0.3, 0.4) is 0 Å². The summed E-state index contributed by atoms with van der Waals surface area (Å²) in [6.07, 6.45) is 1.76. The number of nitrogens with zero attached hydrogens (tertiary/aromatic N) is 2. The van der Waals surface area contributed by atoms with Crippen molar-refractivity contribution in [3.8, 4) is 0 Å². The summed E-state index contributed by atoms with van der Waals surface area (Å²) in [4.78, 5) is 4.07. The number of anilines is 1. The van der Waals surface area contributed by atoms with Gasteiger partial charge in [-0.25, -0.2) is 9.99 Å². The molecule has 3 heteroatoms. The van der Waals surface area contributed by atoms with E-state index in [4.69, 9.17) is 0 Å². The lowest BCUT2D eigenvalue weighted by Gasteiger charge is -2.11. The van der Waals surface area contributed by atoms with Gasteiger partial charge in [-0.1, -0.05) is 6.07 Å². The topological polar surface area (TPSA) is 28.2 Å². The minimum absolute atomic E-state index is 0.868. The van der Waals surface area contributed by atoms with Crippen LogP contribution in [0.25, 0.3) is 0 Å². The van der Waals surface area contributed by atoms with Gasteiger partial charge in [0.2, 0.25) is 0 Å². The molecule has 0 aliphatic carbocycles. The first-order valence-corrected chi connectivity index (χ1v) is 3.14. The van der Waals surface area contributed by atoms with Crippen LogP contribution < -0.4 is 5.43 Å². The molecule has 0 unspecified atom stereocenters. The zero-order chi connectivity index (χ0) is 7.40. The maximum atomic E-state index is 4.07. The summed E-state index contributed by atoms with van der Waals surface area (Å²) in [5.41, 5.74) is 3.03. The Bertz CT molecular complexity index is 183. The SMILES string of the molecule is CN(C)Nc1ccccn1. The molecule has 1 heterocycles. The first-order chi connectivity index (χ1) is 4.79. The molecule has 54 valence electrons. The molecule has 0 saturated carbocycles. The second-order valence-electron chi connectivity index (χ2n) is 2.22. The lowest BCUT2D eigenvalue weighted by Crippen LogP contribution is -2.19. The molecule has 0 spiro atoms. The fourth-order valence-corrected chi connectivity index (χ4v) is 0.658. The summed E-state index contributed by atoms with van der Waals surface area (Å²) in [6, 6.07) is 5.75. The van der Waals surface area contributed by atoms with Crippen LogP contribution in [0.15, 0.2) is 24.4 Å². The normalized spacial score (nSPS) is 9.90. The van der Waals surface area contributed by atoms with Crippen molar-refractivity contribution < 1.29 is 0 Å². The molecule has 0 radical (unpaired) electrons. The number of hydrogen-bond acceptors (Lipinski definition) is 3. The van der Waals surface area contributed by atoms with Crippen molar-refractivity contribution in [1.82, 2.24) is 9.99 Å². The molecule has 1 N–H and O–H groups in total. The molecule has 0 aliphatic heterocycles. The summed E-state index contributed by atoms with van der Waals surface area (Å²) in [5.74, 6) is 0.868. The number of pyridine rings is 1. The summed E-state index contributed by atoms with van der Waals surface area (Å²) in [7, 11) is 3.85. The zero-order valence-electron chi connectivity index (χ0n) is 6.20. The van der Waals surface area contributed by atoms with E-state index in [0.717, 1.165) is 5.82 Å². The molecular weight excluding hydrogens is 126 g/mol. The number of hydrogen-bond donors (Lipinski definition) is 1. The number of aromatic nitrogens is 1. The molecule has 0 fully saturated rings. The standard InChI is InChI=1S/C7H11N3/c1-10(2)9-7-5-3-4-6-8-7/h3-6H,1-2H3,(H,8,9). The Morgan fingerprint density at radius 2 is 2.20 bits per heavy atom. The van der Waals surface area contributed by atoms with Crippen molar-refractivity contribution in [2.24, 2.45) is 0 Å². The van der Waals surface area contributed by atoms with Crippen LogP contribution in [0, 0.1) is 0 Å². The Labute approximate surface area is 60.7 Å². The predicted molar refractivity (Wildman–Crippen MR) is 41.5 cm³/mol. The van der Waals surface area contributed by atoms with Crippen molar-refractivity contribution in [2.75, 3.05) is 19.5 Å². The van der Waals surface area contributed by atoms with E-state index in [1.54, 1.807) is 6.20 Å². The van der Waals surface area contributed by atoms with Gasteiger partial charge in [-0.05, 0) is 12.1 Å². The lowest BCUT2D eigenvalue weighted by atomic mass is 10.5. The van der Waals surface area contributed by atoms with Crippen LogP contribution in [-0.2, 0) is 0 Å². The molecule has 0 atom stereocenters. The summed E-state index contributed by atoms with van der Waals surface area (Å²) >= 11 is 0. The molecule has 1 aromatic rings. The van der Waals surface area contributed by atoms with E-state index >= 15 is 0 Å². The largest absolute Gasteiger partial charge is 0.304 e. The summed E-state index contributed by atoms with van der Waals surface area (Å²) in [5, 5.41) is 1.85. The van der Waals surface area contributed by atoms with Crippen LogP contribution in [0.1, 0.15) is 0 Å². The highest BCUT2D eigenvalue weighted by Gasteiger charge is 1.89. The molecule has 0 aliphatic rings. The van der Waals surface area contributed by atoms with Gasteiger partial charge in [-0.15, -0.1) is 0 Å². The van der Waals surface area contributed by atoms with Gasteiger partial charge < -0.3 is 5.43 Å². The van der Waals surface area contributed by atoms with Crippen LogP contribution in [-0.4, -0.2) is 24.1 Å². The maximum absolute atomic E-state index is 4.07. The van der Waals surface area contributed by atoms with E-state index in [2.05, 4.69) is 10.4 Å². The Kier molecular flexibility index (Phi) is 2.23. The van der Waals surface area contributed by atoms with Gasteiger partial charge in [0.1, 0.15) is 5.82 Å². The van der Waals surface area contributed by atoms with Crippen molar-refractivity contribution in [1.29, 1.82) is 0 Å². The fourth-order valence-electron chi connectivity index (χ4n) is 0.658. The highest BCUT2D eigenvalue weighted by Crippen LogP contribution is 1.98. The van der Waals surface area contributed by atoms with Crippen LogP contribution >= 0.6 is 0 Å². The average molecular weight is 137 g/mol. The zero-order valence-corrected chi connectivity index (χ0v) is 6.20. The molecule has 0 bridgehead atoms. The van der Waals surface area contributed by atoms with Crippen molar-refractivity contribution >= 4 is 5.82 Å². The number of hydrazine groups is 1. The van der Waals surface area contributed by atoms with Gasteiger partial charge in [0.25, 0.3) is 0 Å². The molecule has 1 aromatic heterocycles. The Hall–Kier alpha value is -1.09. The third-order valence-electron chi connectivity index (χ3n) is 1.00. The quantitative estimate of drug-likeness (QED) is 0.615. The van der Waals surface area contributed by atoms with E-state index in [1.807, 2.05) is 37.3 Å². The van der Waals surface area contributed by atoms with E-state index in [1.165, 1.54) is 0 Å². The van der Waals surface area contributed by atoms with E-state index in [9.17, 15) is 0 Å². The molecule has 0 saturated heterocycles. The van der Waals surface area contributed by atoms with Gasteiger partial charge in [0.15, 0.2) is 0 Å². The minimum Gasteiger partial charge on any atom is -0.304 e. The van der Waals surface area contributed by atoms with E-state index in [-0.39, 0.29) is 0 Å². The molecular formula is C7H11N3. The lowest BCUT2D eigenvalue weighted by molar-refractivity contribution is 0.492. The predicted octanol–water partition coefficient (Wildman–Crippen LogP) is 0.970. The molecule has 10 heavy (non-hydrogen) atoms. The maximum Gasteiger partial charge on any atom is 0.140 e. The minimum atomic E-state index is 0.868. The third-order valence-corrected chi connectivity index (χ3v) is 1.00. The Morgan fingerprint density at radius 1 is 1.40 bits per heavy atom. The van der Waals surface area contributed by atoms with Gasteiger partial charge in [-0.2, -0.15) is 0 Å². The van der Waals surface area contributed by atoms with Gasteiger partial charge >= 0.3 is 0 Å². The number of nitrogens with one attached hydrogen (secondary N) is 1. The van der Waals surface area contributed by atoms with Crippen molar-refractivity contribution in [2.45, 2.75) is 0 Å². The molecule has 0 aromatic carbocycles. The Morgan fingerprint density at radius 3 is 2.70 bits per heavy atom. The molecule has 0 amide bonds. The monoisotopic (exact) mass is 137 g/mol. The smallest absolute Gasteiger partial charge is 0.140 e. The second kappa shape index (κ2) is 3.17. The first-order valence-electron chi connectivity index (χ1n) is 3.14. The van der Waals surface area contributed by atoms with Gasteiger partial charge in [0.05, 0.1) is 0 Å². The highest BCUT2D eigenvalue weighted by atomic mass is 15.5. The Balaban J connectivity index is 2.59. The number of rotatable bonds is 2. The summed E-state index contributed by atoms with van der Waals surface area (Å²) < 4.78 is 0. The third kappa shape index (κ3) is 2.03. The first kappa shape index (κ1) is 7.02. The molecule has 1 rings (SSSR count). The van der Waals surface area contributed by atoms with Crippen LogP contribution in [0.2, 0.25) is 0 Å². The second-order valence-corrected chi connectivity index (χ2v) is 2.22. The van der Waals surface area contributed by atoms with Crippen LogP contribution in [0.4, 0.5) is 5.82 Å². The van der Waals surface area contributed by atoms with Crippen LogP contribution in [0.5, 0.6) is 0 Å². The fraction of sp³-hybridized carbons (Fsp3) is 0.286. The van der Waals surface area contributed by atoms with E-state index in [0.29, 0.717) is 0 Å². The van der Waals surface area contributed by atoms with E-state index < -0.39 is 0 Å². The van der Waals surface area contributed by atoms with Crippen molar-refractivity contribution in [3.05, 3.63) is 24.4 Å². The van der Waals surface area contributed by atoms with Gasteiger partial charge in [-0.3, -0.25) is 0 Å². The molecule has 3 nitrogen and oxygen atoms in total. The summed E-state index contributed by atoms with van der Waals surface area (Å²) in [6.45, 7) is 0.